The zero-order valence-electron chi connectivity index (χ0n) is 12.8. The quantitative estimate of drug-likeness (QED) is 0.430. The van der Waals surface area contributed by atoms with Crippen molar-refractivity contribution < 1.29 is 0 Å². The molecule has 0 nitrogen and oxygen atoms in total. The van der Waals surface area contributed by atoms with Crippen LogP contribution < -0.4 is 0 Å². The third-order valence-corrected chi connectivity index (χ3v) is 5.01. The Morgan fingerprint density at radius 2 is 1.65 bits per heavy atom. The second-order valence-corrected chi connectivity index (χ2v) is 6.87. The standard InChI is InChI=1S/C19H27Br/c1-2-3-4-5-6-7-8-9-11-16-14-17-12-10-13-19(20)18(17)15-16/h10,12-14H,2-9,11,15H2,1H3. The third kappa shape index (κ3) is 4.77. The first kappa shape index (κ1) is 15.8. The molecule has 110 valence electrons. The Bertz CT molecular complexity index is 445. The minimum Gasteiger partial charge on any atom is -0.0654 e. The maximum atomic E-state index is 3.66. The molecule has 0 fully saturated rings. The third-order valence-electron chi connectivity index (χ3n) is 4.27. The fraction of sp³-hybridized carbons (Fsp3) is 0.579. The van der Waals surface area contributed by atoms with Crippen LogP contribution in [0.25, 0.3) is 6.08 Å². The number of rotatable bonds is 9. The molecule has 0 saturated heterocycles. The molecule has 0 aliphatic heterocycles. The highest BCUT2D eigenvalue weighted by atomic mass is 79.9. The number of hydrogen-bond acceptors (Lipinski definition) is 0. The van der Waals surface area contributed by atoms with Crippen LogP contribution in [0.1, 0.15) is 75.8 Å². The highest BCUT2D eigenvalue weighted by Crippen LogP contribution is 2.33. The predicted octanol–water partition coefficient (Wildman–Crippen LogP) is 6.92. The van der Waals surface area contributed by atoms with Gasteiger partial charge in [0.25, 0.3) is 0 Å². The van der Waals surface area contributed by atoms with Crippen molar-refractivity contribution in [2.24, 2.45) is 0 Å². The van der Waals surface area contributed by atoms with Crippen molar-refractivity contribution in [1.82, 2.24) is 0 Å². The van der Waals surface area contributed by atoms with E-state index in [0.29, 0.717) is 0 Å². The molecule has 0 bridgehead atoms. The Balaban J connectivity index is 1.59. The van der Waals surface area contributed by atoms with Crippen LogP contribution in [0.5, 0.6) is 0 Å². The topological polar surface area (TPSA) is 0 Å². The molecular formula is C19H27Br. The summed E-state index contributed by atoms with van der Waals surface area (Å²) in [6.45, 7) is 2.28. The van der Waals surface area contributed by atoms with Gasteiger partial charge in [0.05, 0.1) is 0 Å². The van der Waals surface area contributed by atoms with Crippen LogP contribution >= 0.6 is 15.9 Å². The normalized spacial score (nSPS) is 13.4. The molecule has 2 rings (SSSR count). The molecule has 0 amide bonds. The SMILES string of the molecule is CCCCCCCCCCC1=Cc2cccc(Br)c2C1. The van der Waals surface area contributed by atoms with E-state index in [1.807, 2.05) is 0 Å². The van der Waals surface area contributed by atoms with Crippen LogP contribution in [0.15, 0.2) is 28.2 Å². The smallest absolute Gasteiger partial charge is 0.0216 e. The molecule has 0 N–H and O–H groups in total. The van der Waals surface area contributed by atoms with Crippen molar-refractivity contribution in [3.05, 3.63) is 39.4 Å². The summed E-state index contributed by atoms with van der Waals surface area (Å²) in [6, 6.07) is 6.53. The highest BCUT2D eigenvalue weighted by Gasteiger charge is 2.14. The first-order chi connectivity index (χ1) is 9.81. The molecular weight excluding hydrogens is 308 g/mol. The summed E-state index contributed by atoms with van der Waals surface area (Å²) in [5.74, 6) is 0. The first-order valence-electron chi connectivity index (χ1n) is 8.28. The summed E-state index contributed by atoms with van der Waals surface area (Å²) in [6.07, 6.45) is 16.1. The largest absolute Gasteiger partial charge is 0.0654 e. The number of allylic oxidation sites excluding steroid dienone is 1. The molecule has 0 saturated carbocycles. The molecule has 1 heteroatoms. The minimum atomic E-state index is 1.16. The van der Waals surface area contributed by atoms with E-state index in [1.165, 1.54) is 73.4 Å². The van der Waals surface area contributed by atoms with Crippen molar-refractivity contribution in [3.8, 4) is 0 Å². The molecule has 1 aromatic rings. The van der Waals surface area contributed by atoms with Crippen LogP contribution in [0.3, 0.4) is 0 Å². The van der Waals surface area contributed by atoms with Gasteiger partial charge in [0.2, 0.25) is 0 Å². The summed E-state index contributed by atoms with van der Waals surface area (Å²) in [5, 5.41) is 0. The second kappa shape index (κ2) is 8.67. The van der Waals surface area contributed by atoms with E-state index in [9.17, 15) is 0 Å². The van der Waals surface area contributed by atoms with Crippen molar-refractivity contribution in [3.63, 3.8) is 0 Å². The lowest BCUT2D eigenvalue weighted by Crippen LogP contribution is -1.88. The van der Waals surface area contributed by atoms with Gasteiger partial charge in [0.1, 0.15) is 0 Å². The van der Waals surface area contributed by atoms with Gasteiger partial charge in [0, 0.05) is 4.47 Å². The van der Waals surface area contributed by atoms with E-state index in [4.69, 9.17) is 0 Å². The molecule has 0 unspecified atom stereocenters. The van der Waals surface area contributed by atoms with E-state index < -0.39 is 0 Å². The molecule has 1 aromatic carbocycles. The summed E-state index contributed by atoms with van der Waals surface area (Å²) in [7, 11) is 0. The molecule has 0 radical (unpaired) electrons. The van der Waals surface area contributed by atoms with Gasteiger partial charge in [-0.05, 0) is 36.5 Å². The highest BCUT2D eigenvalue weighted by molar-refractivity contribution is 9.10. The van der Waals surface area contributed by atoms with Gasteiger partial charge in [-0.25, -0.2) is 0 Å². The zero-order valence-corrected chi connectivity index (χ0v) is 14.3. The number of fused-ring (bicyclic) bond motifs is 1. The molecule has 0 atom stereocenters. The lowest BCUT2D eigenvalue weighted by atomic mass is 10.0. The van der Waals surface area contributed by atoms with Gasteiger partial charge in [-0.3, -0.25) is 0 Å². The predicted molar refractivity (Wildman–Crippen MR) is 93.1 cm³/mol. The Morgan fingerprint density at radius 3 is 2.35 bits per heavy atom. The van der Waals surface area contributed by atoms with E-state index in [1.54, 1.807) is 5.57 Å². The van der Waals surface area contributed by atoms with Crippen molar-refractivity contribution in [2.75, 3.05) is 0 Å². The monoisotopic (exact) mass is 334 g/mol. The van der Waals surface area contributed by atoms with Gasteiger partial charge >= 0.3 is 0 Å². The van der Waals surface area contributed by atoms with Crippen molar-refractivity contribution in [1.29, 1.82) is 0 Å². The van der Waals surface area contributed by atoms with Crippen LogP contribution in [-0.2, 0) is 6.42 Å². The Hall–Kier alpha value is -0.560. The van der Waals surface area contributed by atoms with Crippen LogP contribution in [0, 0.1) is 0 Å². The zero-order chi connectivity index (χ0) is 14.2. The summed E-state index contributed by atoms with van der Waals surface area (Å²) in [4.78, 5) is 0. The summed E-state index contributed by atoms with van der Waals surface area (Å²) >= 11 is 3.66. The average Bonchev–Trinajstić information content (AvgIpc) is 2.86. The fourth-order valence-corrected chi connectivity index (χ4v) is 3.56. The van der Waals surface area contributed by atoms with Crippen LogP contribution in [0.2, 0.25) is 0 Å². The first-order valence-corrected chi connectivity index (χ1v) is 9.07. The second-order valence-electron chi connectivity index (χ2n) is 6.01. The summed E-state index contributed by atoms with van der Waals surface area (Å²) < 4.78 is 1.28. The average molecular weight is 335 g/mol. The summed E-state index contributed by atoms with van der Waals surface area (Å²) in [5.41, 5.74) is 4.54. The van der Waals surface area contributed by atoms with E-state index in [2.05, 4.69) is 47.1 Å². The van der Waals surface area contributed by atoms with Gasteiger partial charge in [0.15, 0.2) is 0 Å². The van der Waals surface area contributed by atoms with E-state index >= 15 is 0 Å². The minimum absolute atomic E-state index is 1.16. The van der Waals surface area contributed by atoms with E-state index in [0.717, 1.165) is 6.42 Å². The van der Waals surface area contributed by atoms with Gasteiger partial charge in [-0.15, -0.1) is 0 Å². The number of benzene rings is 1. The molecule has 20 heavy (non-hydrogen) atoms. The number of hydrogen-bond donors (Lipinski definition) is 0. The lowest BCUT2D eigenvalue weighted by molar-refractivity contribution is 0.574. The molecule has 0 aromatic heterocycles. The van der Waals surface area contributed by atoms with Crippen molar-refractivity contribution >= 4 is 22.0 Å². The number of unbranched alkanes of at least 4 members (excludes halogenated alkanes) is 7. The lowest BCUT2D eigenvalue weighted by Gasteiger charge is -2.04. The van der Waals surface area contributed by atoms with Crippen LogP contribution in [0.4, 0.5) is 0 Å². The molecule has 1 aliphatic rings. The molecule has 1 aliphatic carbocycles. The number of halogens is 1. The van der Waals surface area contributed by atoms with Crippen molar-refractivity contribution in [2.45, 2.75) is 71.1 Å². The fourth-order valence-electron chi connectivity index (χ4n) is 3.04. The van der Waals surface area contributed by atoms with E-state index in [-0.39, 0.29) is 0 Å². The van der Waals surface area contributed by atoms with Gasteiger partial charge in [-0.1, -0.05) is 91.6 Å². The Labute approximate surface area is 132 Å². The molecule has 0 heterocycles. The van der Waals surface area contributed by atoms with Gasteiger partial charge < -0.3 is 0 Å². The maximum absolute atomic E-state index is 3.66. The Kier molecular flexibility index (Phi) is 6.86. The maximum Gasteiger partial charge on any atom is 0.0216 e. The molecule has 0 spiro atoms. The van der Waals surface area contributed by atoms with Gasteiger partial charge in [-0.2, -0.15) is 0 Å². The van der Waals surface area contributed by atoms with Crippen LogP contribution in [-0.4, -0.2) is 0 Å². The Morgan fingerprint density at radius 1 is 0.950 bits per heavy atom.